The zero-order valence-electron chi connectivity index (χ0n) is 9.21. The third-order valence-corrected chi connectivity index (χ3v) is 4.24. The van der Waals surface area contributed by atoms with Crippen LogP contribution in [0.1, 0.15) is 39.0 Å². The molecule has 2 fully saturated rings. The van der Waals surface area contributed by atoms with Gasteiger partial charge in [0.25, 0.3) is 0 Å². The average molecular weight is 197 g/mol. The molecule has 0 saturated heterocycles. The number of aliphatic hydroxyl groups excluding tert-OH is 1. The van der Waals surface area contributed by atoms with Crippen LogP contribution in [0.4, 0.5) is 0 Å². The predicted molar refractivity (Wildman–Crippen MR) is 58.1 cm³/mol. The first-order valence-corrected chi connectivity index (χ1v) is 6.15. The second-order valence-electron chi connectivity index (χ2n) is 5.16. The van der Waals surface area contributed by atoms with Crippen LogP contribution in [0.5, 0.6) is 0 Å². The molecule has 14 heavy (non-hydrogen) atoms. The molecule has 2 aliphatic carbocycles. The highest BCUT2D eigenvalue weighted by Gasteiger charge is 2.41. The van der Waals surface area contributed by atoms with Gasteiger partial charge >= 0.3 is 0 Å². The largest absolute Gasteiger partial charge is 0.396 e. The Kier molecular flexibility index (Phi) is 3.45. The van der Waals surface area contributed by atoms with Crippen LogP contribution >= 0.6 is 0 Å². The molecule has 2 nitrogen and oxygen atoms in total. The molecule has 0 aromatic rings. The Morgan fingerprint density at radius 1 is 1.36 bits per heavy atom. The van der Waals surface area contributed by atoms with Gasteiger partial charge in [-0.3, -0.25) is 0 Å². The summed E-state index contributed by atoms with van der Waals surface area (Å²) in [6.45, 7) is 3.62. The van der Waals surface area contributed by atoms with E-state index < -0.39 is 0 Å². The third-order valence-electron chi connectivity index (χ3n) is 4.24. The molecule has 2 rings (SSSR count). The fourth-order valence-corrected chi connectivity index (χ4v) is 3.47. The Morgan fingerprint density at radius 3 is 2.79 bits per heavy atom. The molecule has 2 bridgehead atoms. The van der Waals surface area contributed by atoms with E-state index >= 15 is 0 Å². The quantitative estimate of drug-likeness (QED) is 0.659. The van der Waals surface area contributed by atoms with Crippen LogP contribution in [0.15, 0.2) is 0 Å². The lowest BCUT2D eigenvalue weighted by Crippen LogP contribution is -2.37. The standard InChI is InChI=1S/C12H23NO/c1-9(13-5-2-6-14)12-8-10-3-4-11(12)7-10/h9-14H,2-8H2,1H3. The first-order chi connectivity index (χ1) is 6.81. The van der Waals surface area contributed by atoms with Crippen molar-refractivity contribution in [3.05, 3.63) is 0 Å². The molecule has 0 aliphatic heterocycles. The van der Waals surface area contributed by atoms with Gasteiger partial charge in [-0.05, 0) is 56.9 Å². The molecular weight excluding hydrogens is 174 g/mol. The van der Waals surface area contributed by atoms with Gasteiger partial charge in [-0.2, -0.15) is 0 Å². The summed E-state index contributed by atoms with van der Waals surface area (Å²) in [5.41, 5.74) is 0. The first-order valence-electron chi connectivity index (χ1n) is 6.15. The van der Waals surface area contributed by atoms with Gasteiger partial charge in [0.2, 0.25) is 0 Å². The second kappa shape index (κ2) is 4.63. The number of aliphatic hydroxyl groups is 1. The van der Waals surface area contributed by atoms with E-state index in [0.717, 1.165) is 30.7 Å². The SMILES string of the molecule is CC(NCCCO)C1CC2CCC1C2. The number of nitrogens with one attached hydrogen (secondary N) is 1. The summed E-state index contributed by atoms with van der Waals surface area (Å²) in [6, 6.07) is 0.664. The van der Waals surface area contributed by atoms with E-state index in [4.69, 9.17) is 5.11 Å². The lowest BCUT2D eigenvalue weighted by Gasteiger charge is -2.28. The Morgan fingerprint density at radius 2 is 2.21 bits per heavy atom. The average Bonchev–Trinajstić information content (AvgIpc) is 2.79. The highest BCUT2D eigenvalue weighted by Crippen LogP contribution is 2.49. The minimum Gasteiger partial charge on any atom is -0.396 e. The number of fused-ring (bicyclic) bond motifs is 2. The number of hydrogen-bond donors (Lipinski definition) is 2. The van der Waals surface area contributed by atoms with E-state index in [1.807, 2.05) is 0 Å². The first kappa shape index (κ1) is 10.4. The smallest absolute Gasteiger partial charge is 0.0443 e. The number of hydrogen-bond acceptors (Lipinski definition) is 2. The van der Waals surface area contributed by atoms with Crippen molar-refractivity contribution in [2.75, 3.05) is 13.2 Å². The molecule has 0 aromatic heterocycles. The van der Waals surface area contributed by atoms with Crippen molar-refractivity contribution in [1.29, 1.82) is 0 Å². The van der Waals surface area contributed by atoms with Gasteiger partial charge in [-0.15, -0.1) is 0 Å². The van der Waals surface area contributed by atoms with Crippen LogP contribution < -0.4 is 5.32 Å². The van der Waals surface area contributed by atoms with Crippen molar-refractivity contribution < 1.29 is 5.11 Å². The van der Waals surface area contributed by atoms with Gasteiger partial charge < -0.3 is 10.4 Å². The lowest BCUT2D eigenvalue weighted by molar-refractivity contribution is 0.246. The molecule has 0 heterocycles. The van der Waals surface area contributed by atoms with E-state index in [0.29, 0.717) is 12.6 Å². The van der Waals surface area contributed by atoms with Crippen molar-refractivity contribution >= 4 is 0 Å². The van der Waals surface area contributed by atoms with Gasteiger partial charge in [-0.25, -0.2) is 0 Å². The maximum Gasteiger partial charge on any atom is 0.0443 e. The van der Waals surface area contributed by atoms with Gasteiger partial charge in [0, 0.05) is 12.6 Å². The predicted octanol–water partition coefficient (Wildman–Crippen LogP) is 1.78. The topological polar surface area (TPSA) is 32.3 Å². The van der Waals surface area contributed by atoms with Crippen LogP contribution in [-0.4, -0.2) is 24.3 Å². The van der Waals surface area contributed by atoms with Gasteiger partial charge in [0.05, 0.1) is 0 Å². The van der Waals surface area contributed by atoms with E-state index in [1.165, 1.54) is 25.7 Å². The molecule has 0 aromatic carbocycles. The molecule has 2 aliphatic rings. The Labute approximate surface area is 87.1 Å². The summed E-state index contributed by atoms with van der Waals surface area (Å²) in [4.78, 5) is 0. The molecular formula is C12H23NO. The molecule has 4 unspecified atom stereocenters. The molecule has 0 spiro atoms. The van der Waals surface area contributed by atoms with Gasteiger partial charge in [0.1, 0.15) is 0 Å². The van der Waals surface area contributed by atoms with Gasteiger partial charge in [-0.1, -0.05) is 6.42 Å². The van der Waals surface area contributed by atoms with E-state index in [2.05, 4.69) is 12.2 Å². The summed E-state index contributed by atoms with van der Waals surface area (Å²) in [6.07, 6.45) is 6.81. The molecule has 2 N–H and O–H groups in total. The van der Waals surface area contributed by atoms with Crippen LogP contribution in [0.25, 0.3) is 0 Å². The van der Waals surface area contributed by atoms with E-state index in [9.17, 15) is 0 Å². The molecule has 82 valence electrons. The van der Waals surface area contributed by atoms with Crippen molar-refractivity contribution in [2.24, 2.45) is 17.8 Å². The highest BCUT2D eigenvalue weighted by atomic mass is 16.3. The van der Waals surface area contributed by atoms with Crippen LogP contribution in [0, 0.1) is 17.8 Å². The Balaban J connectivity index is 1.72. The Bertz CT molecular complexity index is 183. The molecule has 2 saturated carbocycles. The number of rotatable bonds is 5. The minimum atomic E-state index is 0.316. The fourth-order valence-electron chi connectivity index (χ4n) is 3.47. The van der Waals surface area contributed by atoms with Gasteiger partial charge in [0.15, 0.2) is 0 Å². The molecule has 0 radical (unpaired) electrons. The summed E-state index contributed by atoms with van der Waals surface area (Å²) in [7, 11) is 0. The lowest BCUT2D eigenvalue weighted by atomic mass is 9.84. The highest BCUT2D eigenvalue weighted by molar-refractivity contribution is 4.93. The van der Waals surface area contributed by atoms with E-state index in [1.54, 1.807) is 0 Å². The van der Waals surface area contributed by atoms with E-state index in [-0.39, 0.29) is 0 Å². The van der Waals surface area contributed by atoms with Crippen molar-refractivity contribution in [3.8, 4) is 0 Å². The maximum absolute atomic E-state index is 8.71. The second-order valence-corrected chi connectivity index (χ2v) is 5.16. The fraction of sp³-hybridized carbons (Fsp3) is 1.00. The maximum atomic E-state index is 8.71. The van der Waals surface area contributed by atoms with Crippen LogP contribution in [-0.2, 0) is 0 Å². The minimum absolute atomic E-state index is 0.316. The summed E-state index contributed by atoms with van der Waals surface area (Å²) in [5, 5.41) is 12.3. The zero-order chi connectivity index (χ0) is 9.97. The summed E-state index contributed by atoms with van der Waals surface area (Å²) in [5.74, 6) is 2.98. The van der Waals surface area contributed by atoms with Crippen molar-refractivity contribution in [2.45, 2.75) is 45.1 Å². The summed E-state index contributed by atoms with van der Waals surface area (Å²) < 4.78 is 0. The van der Waals surface area contributed by atoms with Crippen LogP contribution in [0.2, 0.25) is 0 Å². The third kappa shape index (κ3) is 2.12. The summed E-state index contributed by atoms with van der Waals surface area (Å²) >= 11 is 0. The molecule has 2 heteroatoms. The Hall–Kier alpha value is -0.0800. The van der Waals surface area contributed by atoms with Crippen molar-refractivity contribution in [3.63, 3.8) is 0 Å². The molecule has 0 amide bonds. The van der Waals surface area contributed by atoms with Crippen LogP contribution in [0.3, 0.4) is 0 Å². The van der Waals surface area contributed by atoms with Crippen molar-refractivity contribution in [1.82, 2.24) is 5.32 Å². The normalized spacial score (nSPS) is 37.7. The molecule has 4 atom stereocenters. The monoisotopic (exact) mass is 197 g/mol. The zero-order valence-corrected chi connectivity index (χ0v) is 9.21.